The molecule has 0 nitrogen and oxygen atoms in total. The van der Waals surface area contributed by atoms with Gasteiger partial charge in [-0.3, -0.25) is 0 Å². The van der Waals surface area contributed by atoms with Crippen molar-refractivity contribution in [1.29, 1.82) is 0 Å². The second-order valence-corrected chi connectivity index (χ2v) is 3.68. The molecule has 0 aromatic rings. The monoisotopic (exact) mass is 185 g/mol. The van der Waals surface area contributed by atoms with Crippen LogP contribution in [-0.4, -0.2) is 0 Å². The summed E-state index contributed by atoms with van der Waals surface area (Å²) in [6.45, 7) is 6.12. The summed E-state index contributed by atoms with van der Waals surface area (Å²) >= 11 is 0. The first-order valence-electron chi connectivity index (χ1n) is 5.71. The molecule has 0 aliphatic rings. The van der Waals surface area contributed by atoms with Crippen molar-refractivity contribution >= 4 is 0 Å². The van der Waals surface area contributed by atoms with Gasteiger partial charge in [0, 0.05) is 0 Å². The van der Waals surface area contributed by atoms with Gasteiger partial charge in [0.1, 0.15) is 0 Å². The maximum Gasteiger partial charge on any atom is -0.0533 e. The van der Waals surface area contributed by atoms with Crippen LogP contribution >= 0.6 is 0 Å². The molecule has 0 bridgehead atoms. The summed E-state index contributed by atoms with van der Waals surface area (Å²) in [5.41, 5.74) is 0. The van der Waals surface area contributed by atoms with Crippen molar-refractivity contribution in [2.45, 2.75) is 78.6 Å². The van der Waals surface area contributed by atoms with E-state index in [1.54, 1.807) is 0 Å². The molecular weight excluding hydrogens is 156 g/mol. The Morgan fingerprint density at radius 2 is 1.08 bits per heavy atom. The van der Waals surface area contributed by atoms with Crippen LogP contribution in [0.1, 0.15) is 78.6 Å². The largest absolute Gasteiger partial charge is 0.0776 e. The van der Waals surface area contributed by atoms with Gasteiger partial charge in [-0.1, -0.05) is 85.5 Å². The smallest absolute Gasteiger partial charge is 0.0533 e. The lowest BCUT2D eigenvalue weighted by Crippen LogP contribution is -1.80. The predicted molar refractivity (Wildman–Crippen MR) is 63.9 cm³/mol. The molecule has 0 heterocycles. The minimum atomic E-state index is 0. The van der Waals surface area contributed by atoms with E-state index in [1.165, 1.54) is 57.8 Å². The van der Waals surface area contributed by atoms with Gasteiger partial charge in [-0.2, -0.15) is 0 Å². The molecule has 0 unspecified atom stereocenters. The van der Waals surface area contributed by atoms with Crippen molar-refractivity contribution in [3.8, 4) is 0 Å². The summed E-state index contributed by atoms with van der Waals surface area (Å²) in [6, 6.07) is 0. The molecule has 0 heteroatoms. The molecule has 0 amide bonds. The number of hydrogen-bond acceptors (Lipinski definition) is 0. The molecule has 0 aromatic heterocycles. The molecule has 0 aliphatic heterocycles. The fraction of sp³-hybridized carbons (Fsp3) is 0.923. The molecule has 0 saturated carbocycles. The van der Waals surface area contributed by atoms with Crippen molar-refractivity contribution in [2.75, 3.05) is 0 Å². The molecule has 0 atom stereocenters. The summed E-state index contributed by atoms with van der Waals surface area (Å²) in [4.78, 5) is 0. The van der Waals surface area contributed by atoms with Gasteiger partial charge in [-0.15, -0.1) is 0 Å². The fourth-order valence-electron chi connectivity index (χ4n) is 1.49. The predicted octanol–water partition coefficient (Wildman–Crippen LogP) is 5.38. The standard InChI is InChI=1S/C12H25.CH4/c1-3-5-7-9-11-12-10-8-6-4-2;/h1,3-12H2,2H3;1H4. The summed E-state index contributed by atoms with van der Waals surface area (Å²) in [6.07, 6.45) is 13.9. The lowest BCUT2D eigenvalue weighted by atomic mass is 10.1. The highest BCUT2D eigenvalue weighted by atomic mass is 14.0. The summed E-state index contributed by atoms with van der Waals surface area (Å²) in [5, 5.41) is 0. The topological polar surface area (TPSA) is 0 Å². The minimum absolute atomic E-state index is 0. The lowest BCUT2D eigenvalue weighted by molar-refractivity contribution is 0.566. The van der Waals surface area contributed by atoms with E-state index in [-0.39, 0.29) is 7.43 Å². The molecule has 0 saturated heterocycles. The Kier molecular flexibility index (Phi) is 17.3. The molecular formula is C13H29. The van der Waals surface area contributed by atoms with Gasteiger partial charge in [0.2, 0.25) is 0 Å². The van der Waals surface area contributed by atoms with Crippen molar-refractivity contribution in [2.24, 2.45) is 0 Å². The minimum Gasteiger partial charge on any atom is -0.0776 e. The molecule has 0 spiro atoms. The van der Waals surface area contributed by atoms with Crippen molar-refractivity contribution in [3.63, 3.8) is 0 Å². The average Bonchev–Trinajstić information content (AvgIpc) is 2.10. The SMILES string of the molecule is C.[CH2]CCCCCCCCCCC. The van der Waals surface area contributed by atoms with Crippen molar-refractivity contribution < 1.29 is 0 Å². The fourth-order valence-corrected chi connectivity index (χ4v) is 1.49. The van der Waals surface area contributed by atoms with Crippen LogP contribution in [0.5, 0.6) is 0 Å². The van der Waals surface area contributed by atoms with Gasteiger partial charge >= 0.3 is 0 Å². The molecule has 81 valence electrons. The quantitative estimate of drug-likeness (QED) is 0.423. The van der Waals surface area contributed by atoms with Crippen LogP contribution in [0.25, 0.3) is 0 Å². The van der Waals surface area contributed by atoms with Gasteiger partial charge in [0.05, 0.1) is 0 Å². The normalized spacial score (nSPS) is 9.69. The first-order chi connectivity index (χ1) is 5.91. The maximum atomic E-state index is 3.84. The molecule has 0 N–H and O–H groups in total. The van der Waals surface area contributed by atoms with Crippen LogP contribution in [0.2, 0.25) is 0 Å². The lowest BCUT2D eigenvalue weighted by Gasteiger charge is -1.99. The third-order valence-electron chi connectivity index (χ3n) is 2.35. The summed E-state index contributed by atoms with van der Waals surface area (Å²) < 4.78 is 0. The highest BCUT2D eigenvalue weighted by Crippen LogP contribution is 2.09. The van der Waals surface area contributed by atoms with Crippen LogP contribution in [0.4, 0.5) is 0 Å². The molecule has 0 rings (SSSR count). The Morgan fingerprint density at radius 3 is 1.46 bits per heavy atom. The van der Waals surface area contributed by atoms with Crippen molar-refractivity contribution in [3.05, 3.63) is 6.92 Å². The van der Waals surface area contributed by atoms with E-state index in [9.17, 15) is 0 Å². The Hall–Kier alpha value is 0. The molecule has 0 aromatic carbocycles. The van der Waals surface area contributed by atoms with Crippen LogP contribution in [0, 0.1) is 6.92 Å². The van der Waals surface area contributed by atoms with E-state index in [1.807, 2.05) is 0 Å². The summed E-state index contributed by atoms with van der Waals surface area (Å²) in [7, 11) is 0. The summed E-state index contributed by atoms with van der Waals surface area (Å²) in [5.74, 6) is 0. The highest BCUT2D eigenvalue weighted by Gasteiger charge is 1.90. The van der Waals surface area contributed by atoms with Crippen LogP contribution in [-0.2, 0) is 0 Å². The van der Waals surface area contributed by atoms with E-state index < -0.39 is 0 Å². The van der Waals surface area contributed by atoms with E-state index in [0.29, 0.717) is 0 Å². The van der Waals surface area contributed by atoms with E-state index in [2.05, 4.69) is 13.8 Å². The Bertz CT molecular complexity index is 56.4. The number of rotatable bonds is 9. The van der Waals surface area contributed by atoms with E-state index >= 15 is 0 Å². The van der Waals surface area contributed by atoms with Crippen LogP contribution in [0.15, 0.2) is 0 Å². The van der Waals surface area contributed by atoms with Crippen LogP contribution in [0.3, 0.4) is 0 Å². The number of unbranched alkanes of at least 4 members (excludes halogenated alkanes) is 9. The van der Waals surface area contributed by atoms with Gasteiger partial charge < -0.3 is 0 Å². The third kappa shape index (κ3) is 14.8. The first kappa shape index (κ1) is 15.5. The Labute approximate surface area is 86.1 Å². The second kappa shape index (κ2) is 14.5. The van der Waals surface area contributed by atoms with E-state index in [0.717, 1.165) is 6.42 Å². The Balaban J connectivity index is 0. The first-order valence-corrected chi connectivity index (χ1v) is 5.71. The Morgan fingerprint density at radius 1 is 0.692 bits per heavy atom. The third-order valence-corrected chi connectivity index (χ3v) is 2.35. The van der Waals surface area contributed by atoms with E-state index in [4.69, 9.17) is 0 Å². The zero-order valence-corrected chi connectivity index (χ0v) is 8.78. The highest BCUT2D eigenvalue weighted by molar-refractivity contribution is 4.47. The van der Waals surface area contributed by atoms with Gasteiger partial charge in [0.25, 0.3) is 0 Å². The average molecular weight is 185 g/mol. The zero-order valence-electron chi connectivity index (χ0n) is 8.78. The molecule has 13 heavy (non-hydrogen) atoms. The maximum absolute atomic E-state index is 3.84. The molecule has 1 radical (unpaired) electrons. The number of hydrogen-bond donors (Lipinski definition) is 0. The molecule has 0 fully saturated rings. The van der Waals surface area contributed by atoms with Gasteiger partial charge in [-0.05, 0) is 0 Å². The van der Waals surface area contributed by atoms with Gasteiger partial charge in [0.15, 0.2) is 0 Å². The zero-order chi connectivity index (χ0) is 9.07. The molecule has 0 aliphatic carbocycles. The van der Waals surface area contributed by atoms with Crippen LogP contribution < -0.4 is 0 Å². The second-order valence-electron chi connectivity index (χ2n) is 3.68. The van der Waals surface area contributed by atoms with Gasteiger partial charge in [-0.25, -0.2) is 0 Å². The van der Waals surface area contributed by atoms with Crippen molar-refractivity contribution in [1.82, 2.24) is 0 Å².